The summed E-state index contributed by atoms with van der Waals surface area (Å²) in [5, 5.41) is 6.87. The molecule has 0 aromatic rings. The molecule has 0 saturated heterocycles. The van der Waals surface area contributed by atoms with E-state index in [2.05, 4.69) is 22.9 Å². The third-order valence-electron chi connectivity index (χ3n) is 5.12. The molecule has 146 valence electrons. The lowest BCUT2D eigenvalue weighted by atomic mass is 9.86. The first kappa shape index (κ1) is 22.0. The molecule has 0 aliphatic heterocycles. The number of nitrogens with one attached hydrogen (secondary N) is 3. The SMILES string of the molecule is CC1CCCCC1NC(=O)NCCNC1C(Cl)C(Cl)C(Cl)C(Cl)C1Cl. The Bertz CT molecular complexity index is 428. The van der Waals surface area contributed by atoms with Crippen molar-refractivity contribution >= 4 is 64.0 Å². The molecule has 0 heterocycles. The summed E-state index contributed by atoms with van der Waals surface area (Å²) in [6, 6.07) is -0.152. The van der Waals surface area contributed by atoms with Crippen LogP contribution in [0.25, 0.3) is 0 Å². The predicted molar refractivity (Wildman–Crippen MR) is 108 cm³/mol. The zero-order chi connectivity index (χ0) is 18.6. The molecule has 2 fully saturated rings. The van der Waals surface area contributed by atoms with Crippen molar-refractivity contribution in [2.24, 2.45) is 5.92 Å². The Morgan fingerprint density at radius 2 is 1.44 bits per heavy atom. The van der Waals surface area contributed by atoms with E-state index in [1.54, 1.807) is 0 Å². The van der Waals surface area contributed by atoms with Gasteiger partial charge in [-0.1, -0.05) is 19.8 Å². The average Bonchev–Trinajstić information content (AvgIpc) is 2.59. The maximum atomic E-state index is 12.0. The lowest BCUT2D eigenvalue weighted by Crippen LogP contribution is -2.60. The number of urea groups is 1. The number of hydrogen-bond acceptors (Lipinski definition) is 2. The summed E-state index contributed by atoms with van der Waals surface area (Å²) in [6.45, 7) is 3.16. The number of alkyl halides is 5. The number of amides is 2. The van der Waals surface area contributed by atoms with Gasteiger partial charge in [0.25, 0.3) is 0 Å². The van der Waals surface area contributed by atoms with E-state index in [1.807, 2.05) is 0 Å². The van der Waals surface area contributed by atoms with E-state index < -0.39 is 26.9 Å². The lowest BCUT2D eigenvalue weighted by molar-refractivity contribution is 0.221. The first-order valence-electron chi connectivity index (χ1n) is 8.81. The quantitative estimate of drug-likeness (QED) is 0.437. The van der Waals surface area contributed by atoms with Crippen LogP contribution in [-0.2, 0) is 0 Å². The summed E-state index contributed by atoms with van der Waals surface area (Å²) in [4.78, 5) is 12.0. The molecule has 2 rings (SSSR count). The van der Waals surface area contributed by atoms with Gasteiger partial charge >= 0.3 is 6.03 Å². The minimum absolute atomic E-state index is 0.139. The molecule has 2 saturated carbocycles. The van der Waals surface area contributed by atoms with Crippen molar-refractivity contribution in [2.75, 3.05) is 13.1 Å². The van der Waals surface area contributed by atoms with E-state index >= 15 is 0 Å². The molecule has 2 amide bonds. The van der Waals surface area contributed by atoms with Crippen molar-refractivity contribution in [2.45, 2.75) is 71.6 Å². The minimum atomic E-state index is -0.479. The Morgan fingerprint density at radius 1 is 0.880 bits per heavy atom. The van der Waals surface area contributed by atoms with Crippen LogP contribution in [0.15, 0.2) is 0 Å². The summed E-state index contributed by atoms with van der Waals surface area (Å²) in [5.41, 5.74) is 0. The van der Waals surface area contributed by atoms with E-state index in [9.17, 15) is 4.79 Å². The summed E-state index contributed by atoms with van der Waals surface area (Å²) < 4.78 is 0. The van der Waals surface area contributed by atoms with Crippen LogP contribution in [0.3, 0.4) is 0 Å². The van der Waals surface area contributed by atoms with Crippen LogP contribution >= 0.6 is 58.0 Å². The summed E-state index contributed by atoms with van der Waals surface area (Å²) in [6.07, 6.45) is 4.64. The second kappa shape index (κ2) is 10.3. The Morgan fingerprint density at radius 3 is 2.04 bits per heavy atom. The molecular weight excluding hydrogens is 427 g/mol. The molecule has 0 radical (unpaired) electrons. The van der Waals surface area contributed by atoms with Crippen molar-refractivity contribution < 1.29 is 4.79 Å². The molecule has 3 N–H and O–H groups in total. The van der Waals surface area contributed by atoms with Crippen LogP contribution in [0.2, 0.25) is 0 Å². The molecule has 4 nitrogen and oxygen atoms in total. The fourth-order valence-corrected chi connectivity index (χ4v) is 5.53. The van der Waals surface area contributed by atoms with Crippen LogP contribution in [-0.4, -0.2) is 58.1 Å². The van der Waals surface area contributed by atoms with Gasteiger partial charge in [0.15, 0.2) is 0 Å². The largest absolute Gasteiger partial charge is 0.337 e. The highest BCUT2D eigenvalue weighted by atomic mass is 35.5. The maximum absolute atomic E-state index is 12.0. The van der Waals surface area contributed by atoms with Gasteiger partial charge in [0.1, 0.15) is 0 Å². The summed E-state index contributed by atoms with van der Waals surface area (Å²) in [7, 11) is 0. The van der Waals surface area contributed by atoms with Gasteiger partial charge in [-0.3, -0.25) is 0 Å². The molecule has 2 aliphatic rings. The highest BCUT2D eigenvalue weighted by Crippen LogP contribution is 2.37. The van der Waals surface area contributed by atoms with Crippen molar-refractivity contribution in [3.63, 3.8) is 0 Å². The van der Waals surface area contributed by atoms with E-state index in [4.69, 9.17) is 58.0 Å². The number of hydrogen-bond donors (Lipinski definition) is 3. The third kappa shape index (κ3) is 5.83. The summed E-state index contributed by atoms with van der Waals surface area (Å²) >= 11 is 31.3. The molecule has 0 aromatic heterocycles. The number of carbonyl (C=O) groups is 1. The van der Waals surface area contributed by atoms with Crippen molar-refractivity contribution in [1.82, 2.24) is 16.0 Å². The Hall–Kier alpha value is 0.680. The second-order valence-corrected chi connectivity index (χ2v) is 9.49. The predicted octanol–water partition coefficient (Wildman–Crippen LogP) is 3.87. The van der Waals surface area contributed by atoms with Crippen molar-refractivity contribution in [3.05, 3.63) is 0 Å². The molecule has 6 atom stereocenters. The number of halogens is 5. The minimum Gasteiger partial charge on any atom is -0.337 e. The molecular formula is C16H26Cl5N3O. The first-order chi connectivity index (χ1) is 11.8. The fourth-order valence-electron chi connectivity index (χ4n) is 3.49. The smallest absolute Gasteiger partial charge is 0.315 e. The molecule has 0 aromatic carbocycles. The van der Waals surface area contributed by atoms with Gasteiger partial charge < -0.3 is 16.0 Å². The Labute approximate surface area is 175 Å². The molecule has 2 aliphatic carbocycles. The zero-order valence-corrected chi connectivity index (χ0v) is 17.9. The lowest BCUT2D eigenvalue weighted by Gasteiger charge is -2.41. The van der Waals surface area contributed by atoms with E-state index in [-0.39, 0.29) is 18.1 Å². The van der Waals surface area contributed by atoms with Crippen LogP contribution in [0, 0.1) is 5.92 Å². The monoisotopic (exact) mass is 451 g/mol. The van der Waals surface area contributed by atoms with Crippen molar-refractivity contribution in [3.8, 4) is 0 Å². The van der Waals surface area contributed by atoms with Crippen LogP contribution in [0.1, 0.15) is 32.6 Å². The van der Waals surface area contributed by atoms with Gasteiger partial charge in [-0.05, 0) is 18.8 Å². The maximum Gasteiger partial charge on any atom is 0.315 e. The average molecular weight is 454 g/mol. The van der Waals surface area contributed by atoms with Crippen LogP contribution < -0.4 is 16.0 Å². The highest BCUT2D eigenvalue weighted by molar-refractivity contribution is 6.41. The molecule has 6 unspecified atom stereocenters. The second-order valence-electron chi connectivity index (χ2n) is 6.97. The highest BCUT2D eigenvalue weighted by Gasteiger charge is 2.47. The third-order valence-corrected chi connectivity index (χ3v) is 8.35. The van der Waals surface area contributed by atoms with Crippen LogP contribution in [0.4, 0.5) is 4.79 Å². The topological polar surface area (TPSA) is 53.2 Å². The zero-order valence-electron chi connectivity index (χ0n) is 14.2. The molecule has 9 heteroatoms. The van der Waals surface area contributed by atoms with Gasteiger partial charge in [-0.25, -0.2) is 4.79 Å². The standard InChI is InChI=1S/C16H26Cl5N3O/c1-8-4-2-3-5-9(8)24-16(25)23-7-6-22-15-13(20)11(18)10(17)12(19)14(15)21/h8-15,22H,2-7H2,1H3,(H2,23,24,25). The first-order valence-corrected chi connectivity index (χ1v) is 11.0. The Kier molecular flexibility index (Phi) is 9.04. The van der Waals surface area contributed by atoms with E-state index in [1.165, 1.54) is 19.3 Å². The normalized spacial score (nSPS) is 42.0. The van der Waals surface area contributed by atoms with Gasteiger partial charge in [0.05, 0.1) is 26.9 Å². The number of rotatable bonds is 5. The fraction of sp³-hybridized carbons (Fsp3) is 0.938. The van der Waals surface area contributed by atoms with Gasteiger partial charge in [-0.15, -0.1) is 58.0 Å². The molecule has 0 bridgehead atoms. The summed E-state index contributed by atoms with van der Waals surface area (Å²) in [5.74, 6) is 0.527. The van der Waals surface area contributed by atoms with Gasteiger partial charge in [0.2, 0.25) is 0 Å². The molecule has 25 heavy (non-hydrogen) atoms. The van der Waals surface area contributed by atoms with Gasteiger partial charge in [-0.2, -0.15) is 0 Å². The van der Waals surface area contributed by atoms with E-state index in [0.29, 0.717) is 19.0 Å². The van der Waals surface area contributed by atoms with Crippen molar-refractivity contribution in [1.29, 1.82) is 0 Å². The van der Waals surface area contributed by atoms with Crippen LogP contribution in [0.5, 0.6) is 0 Å². The number of carbonyl (C=O) groups excluding carboxylic acids is 1. The molecule has 0 spiro atoms. The van der Waals surface area contributed by atoms with E-state index in [0.717, 1.165) is 6.42 Å². The van der Waals surface area contributed by atoms with Gasteiger partial charge in [0, 0.05) is 25.2 Å². The Balaban J connectivity index is 1.70.